The number of nitrogen functional groups attached to an aromatic ring is 1. The molecule has 0 saturated carbocycles. The largest absolute Gasteiger partial charge is 0.495 e. The molecule has 1 atom stereocenters. The van der Waals surface area contributed by atoms with E-state index in [-0.39, 0.29) is 23.2 Å². The number of methoxy groups -OCH3 is 1. The number of anilines is 2. The molecule has 0 aliphatic carbocycles. The summed E-state index contributed by atoms with van der Waals surface area (Å²) < 4.78 is 32.1. The van der Waals surface area contributed by atoms with Crippen molar-refractivity contribution in [3.05, 3.63) is 53.6 Å². The summed E-state index contributed by atoms with van der Waals surface area (Å²) >= 11 is 0. The van der Waals surface area contributed by atoms with E-state index in [1.807, 2.05) is 6.92 Å². The van der Waals surface area contributed by atoms with Crippen molar-refractivity contribution < 1.29 is 13.5 Å². The molecule has 0 aromatic heterocycles. The Morgan fingerprint density at radius 1 is 1.20 bits per heavy atom. The van der Waals surface area contributed by atoms with Gasteiger partial charge in [0, 0.05) is 18.2 Å². The van der Waals surface area contributed by atoms with Crippen LogP contribution in [0.1, 0.15) is 18.5 Å². The van der Waals surface area contributed by atoms with Gasteiger partial charge in [-0.15, -0.1) is 0 Å². The van der Waals surface area contributed by atoms with Crippen molar-refractivity contribution in [2.24, 2.45) is 0 Å². The van der Waals surface area contributed by atoms with Crippen LogP contribution < -0.4 is 15.8 Å². The zero-order valence-corrected chi connectivity index (χ0v) is 11.3. The quantitative estimate of drug-likeness (QED) is 0.838. The van der Waals surface area contributed by atoms with E-state index in [0.717, 1.165) is 5.56 Å². The minimum atomic E-state index is -0.480. The van der Waals surface area contributed by atoms with E-state index in [9.17, 15) is 8.78 Å². The van der Waals surface area contributed by atoms with E-state index in [1.165, 1.54) is 31.4 Å². The molecule has 5 heteroatoms. The van der Waals surface area contributed by atoms with Crippen molar-refractivity contribution in [3.63, 3.8) is 0 Å². The van der Waals surface area contributed by atoms with Crippen LogP contribution in [-0.4, -0.2) is 7.11 Å². The van der Waals surface area contributed by atoms with Crippen molar-refractivity contribution in [1.29, 1.82) is 0 Å². The zero-order valence-electron chi connectivity index (χ0n) is 11.3. The average Bonchev–Trinajstić information content (AvgIpc) is 2.41. The molecule has 0 heterocycles. The number of ether oxygens (including phenoxy) is 1. The van der Waals surface area contributed by atoms with E-state index in [2.05, 4.69) is 5.32 Å². The van der Waals surface area contributed by atoms with Gasteiger partial charge in [0.05, 0.1) is 18.5 Å². The number of nitrogens with one attached hydrogen (secondary N) is 1. The fourth-order valence-corrected chi connectivity index (χ4v) is 1.95. The van der Waals surface area contributed by atoms with Crippen LogP contribution in [0.25, 0.3) is 0 Å². The van der Waals surface area contributed by atoms with Gasteiger partial charge in [-0.2, -0.15) is 0 Å². The van der Waals surface area contributed by atoms with Crippen LogP contribution in [0.5, 0.6) is 5.75 Å². The summed E-state index contributed by atoms with van der Waals surface area (Å²) in [6.45, 7) is 1.82. The lowest BCUT2D eigenvalue weighted by Crippen LogP contribution is -2.09. The summed E-state index contributed by atoms with van der Waals surface area (Å²) in [5, 5.41) is 2.98. The fraction of sp³-hybridized carbons (Fsp3) is 0.200. The SMILES string of the molecule is COc1cc(NC(C)c2cccc(F)c2)c(F)cc1N. The second kappa shape index (κ2) is 5.77. The topological polar surface area (TPSA) is 47.3 Å². The molecule has 2 rings (SSSR count). The zero-order chi connectivity index (χ0) is 14.7. The van der Waals surface area contributed by atoms with Crippen molar-refractivity contribution in [2.45, 2.75) is 13.0 Å². The van der Waals surface area contributed by atoms with Gasteiger partial charge >= 0.3 is 0 Å². The summed E-state index contributed by atoms with van der Waals surface area (Å²) in [6.07, 6.45) is 0. The smallest absolute Gasteiger partial charge is 0.148 e. The first kappa shape index (κ1) is 14.1. The molecule has 3 nitrogen and oxygen atoms in total. The van der Waals surface area contributed by atoms with Crippen LogP contribution >= 0.6 is 0 Å². The van der Waals surface area contributed by atoms with Gasteiger partial charge in [0.15, 0.2) is 0 Å². The predicted octanol–water partition coefficient (Wildman–Crippen LogP) is 3.73. The van der Waals surface area contributed by atoms with Gasteiger partial charge in [-0.3, -0.25) is 0 Å². The van der Waals surface area contributed by atoms with Gasteiger partial charge in [-0.1, -0.05) is 12.1 Å². The Morgan fingerprint density at radius 2 is 1.95 bits per heavy atom. The number of halogens is 2. The molecule has 0 fully saturated rings. The van der Waals surface area contributed by atoms with Gasteiger partial charge in [0.1, 0.15) is 17.4 Å². The minimum absolute atomic E-state index is 0.231. The van der Waals surface area contributed by atoms with E-state index in [1.54, 1.807) is 12.1 Å². The molecule has 0 amide bonds. The molecule has 0 radical (unpaired) electrons. The minimum Gasteiger partial charge on any atom is -0.495 e. The molecule has 2 aromatic rings. The van der Waals surface area contributed by atoms with Crippen LogP contribution in [0.15, 0.2) is 36.4 Å². The van der Waals surface area contributed by atoms with Crippen LogP contribution in [0, 0.1) is 11.6 Å². The second-order valence-electron chi connectivity index (χ2n) is 4.50. The maximum atomic E-state index is 13.9. The number of rotatable bonds is 4. The fourth-order valence-electron chi connectivity index (χ4n) is 1.95. The lowest BCUT2D eigenvalue weighted by molar-refractivity contribution is 0.416. The lowest BCUT2D eigenvalue weighted by Gasteiger charge is -2.17. The van der Waals surface area contributed by atoms with Gasteiger partial charge in [-0.05, 0) is 24.6 Å². The first-order valence-corrected chi connectivity index (χ1v) is 6.16. The molecule has 2 aromatic carbocycles. The third-order valence-corrected chi connectivity index (χ3v) is 3.04. The highest BCUT2D eigenvalue weighted by Crippen LogP contribution is 2.30. The van der Waals surface area contributed by atoms with Crippen molar-refractivity contribution in [3.8, 4) is 5.75 Å². The monoisotopic (exact) mass is 278 g/mol. The standard InChI is InChI=1S/C15H16F2N2O/c1-9(10-4-3-5-11(16)6-10)19-14-8-15(20-2)13(18)7-12(14)17/h3-9,19H,18H2,1-2H3. The van der Waals surface area contributed by atoms with E-state index in [4.69, 9.17) is 10.5 Å². The summed E-state index contributed by atoms with van der Waals surface area (Å²) in [7, 11) is 1.46. The Hall–Kier alpha value is -2.30. The number of nitrogens with two attached hydrogens (primary N) is 1. The molecule has 0 aliphatic rings. The highest BCUT2D eigenvalue weighted by Gasteiger charge is 2.12. The molecule has 0 saturated heterocycles. The van der Waals surface area contributed by atoms with Gasteiger partial charge in [0.25, 0.3) is 0 Å². The summed E-state index contributed by atoms with van der Waals surface area (Å²) in [6, 6.07) is 8.58. The van der Waals surface area contributed by atoms with Crippen LogP contribution in [0.2, 0.25) is 0 Å². The van der Waals surface area contributed by atoms with Gasteiger partial charge < -0.3 is 15.8 Å². The van der Waals surface area contributed by atoms with Gasteiger partial charge in [0.2, 0.25) is 0 Å². The maximum Gasteiger partial charge on any atom is 0.148 e. The number of benzene rings is 2. The van der Waals surface area contributed by atoms with Crippen LogP contribution in [0.3, 0.4) is 0 Å². The van der Waals surface area contributed by atoms with Crippen molar-refractivity contribution in [2.75, 3.05) is 18.2 Å². The Labute approximate surface area is 116 Å². The van der Waals surface area contributed by atoms with Crippen molar-refractivity contribution in [1.82, 2.24) is 0 Å². The van der Waals surface area contributed by atoms with E-state index < -0.39 is 5.82 Å². The summed E-state index contributed by atoms with van der Waals surface area (Å²) in [5.41, 5.74) is 6.83. The predicted molar refractivity (Wildman–Crippen MR) is 75.8 cm³/mol. The highest BCUT2D eigenvalue weighted by molar-refractivity contribution is 5.62. The Kier molecular flexibility index (Phi) is 4.08. The molecule has 0 aliphatic heterocycles. The molecular formula is C15H16F2N2O. The third-order valence-electron chi connectivity index (χ3n) is 3.04. The van der Waals surface area contributed by atoms with Crippen molar-refractivity contribution >= 4 is 11.4 Å². The molecule has 3 N–H and O–H groups in total. The second-order valence-corrected chi connectivity index (χ2v) is 4.50. The molecule has 106 valence electrons. The Morgan fingerprint density at radius 3 is 2.60 bits per heavy atom. The molecule has 1 unspecified atom stereocenters. The first-order valence-electron chi connectivity index (χ1n) is 6.16. The molecule has 0 bridgehead atoms. The third kappa shape index (κ3) is 2.99. The normalized spacial score (nSPS) is 12.0. The lowest BCUT2D eigenvalue weighted by atomic mass is 10.1. The molecule has 0 spiro atoms. The molecular weight excluding hydrogens is 262 g/mol. The average molecular weight is 278 g/mol. The molecule has 20 heavy (non-hydrogen) atoms. The highest BCUT2D eigenvalue weighted by atomic mass is 19.1. The van der Waals surface area contributed by atoms with Gasteiger partial charge in [-0.25, -0.2) is 8.78 Å². The number of hydrogen-bond acceptors (Lipinski definition) is 3. The Balaban J connectivity index is 2.25. The first-order chi connectivity index (χ1) is 9.51. The van der Waals surface area contributed by atoms with Crippen LogP contribution in [0.4, 0.5) is 20.2 Å². The van der Waals surface area contributed by atoms with E-state index >= 15 is 0 Å². The number of hydrogen-bond donors (Lipinski definition) is 2. The Bertz CT molecular complexity index is 617. The van der Waals surface area contributed by atoms with Crippen LogP contribution in [-0.2, 0) is 0 Å². The summed E-state index contributed by atoms with van der Waals surface area (Å²) in [5.74, 6) is -0.418. The van der Waals surface area contributed by atoms with E-state index in [0.29, 0.717) is 5.75 Å². The summed E-state index contributed by atoms with van der Waals surface area (Å²) in [4.78, 5) is 0. The maximum absolute atomic E-state index is 13.9.